The molecule has 2 heterocycles. The highest BCUT2D eigenvalue weighted by Gasteiger charge is 2.47. The molecule has 0 radical (unpaired) electrons. The Morgan fingerprint density at radius 2 is 1.34 bits per heavy atom. The number of aliphatic carboxylic acids is 1. The fourth-order valence-corrected chi connectivity index (χ4v) is 9.56. The van der Waals surface area contributed by atoms with Gasteiger partial charge in [-0.05, 0) is 73.3 Å². The number of aliphatic hydroxyl groups excluding tert-OH is 1. The number of carboxylic acid groups (broad SMARTS) is 1. The van der Waals surface area contributed by atoms with Crippen LogP contribution in [0.1, 0.15) is 103 Å². The van der Waals surface area contributed by atoms with Crippen molar-refractivity contribution < 1.29 is 68.0 Å². The number of carbonyl (C=O) groups is 10. The number of piperidine rings is 1. The number of ether oxygens (including phenoxy) is 1. The molecule has 22 nitrogen and oxygen atoms in total. The molecular formula is C57H76N8O14. The number of phenolic OH excluding ortho intramolecular Hbond substituents is 1. The Bertz CT molecular complexity index is 2620. The first-order chi connectivity index (χ1) is 37.5. The lowest BCUT2D eigenvalue weighted by atomic mass is 9.93. The van der Waals surface area contributed by atoms with Gasteiger partial charge in [-0.25, -0.2) is 4.79 Å². The Balaban J connectivity index is 1.62. The Labute approximate surface area is 460 Å². The lowest BCUT2D eigenvalue weighted by molar-refractivity contribution is -0.167. The van der Waals surface area contributed by atoms with Gasteiger partial charge in [0.05, 0.1) is 0 Å². The van der Waals surface area contributed by atoms with Crippen molar-refractivity contribution in [3.8, 4) is 5.75 Å². The van der Waals surface area contributed by atoms with Crippen molar-refractivity contribution in [2.75, 3.05) is 7.05 Å². The zero-order valence-corrected chi connectivity index (χ0v) is 45.8. The fraction of sp³-hybridized carbons (Fsp3) is 0.509. The molecule has 11 atom stereocenters. The van der Waals surface area contributed by atoms with Crippen LogP contribution in [0.3, 0.4) is 0 Å². The SMILES string of the molecule is CCCC(=O)N[C@@H](Cc1ccccc1)C(=O)N[C@@H](CCC(=O)O)C(=O)N[C@@H]1C(=O)N[C@@H](Cc2ccc(O)cc2)C(=O)N[C@H]2CC[C@@H](O)N(C2=O)[C@@H](C(C)C)C(=O)N(C)[C@@H](Cc2ccccc2)C(=O)N[C@@H]([C@@H](C)CC)C(=O)O[C@@H]1C. The number of phenols is 1. The summed E-state index contributed by atoms with van der Waals surface area (Å²) in [7, 11) is 1.38. The van der Waals surface area contributed by atoms with Crippen LogP contribution in [-0.2, 0) is 71.9 Å². The molecule has 2 aliphatic rings. The molecule has 8 amide bonds. The lowest BCUT2D eigenvalue weighted by Gasteiger charge is -2.44. The molecule has 2 bridgehead atoms. The van der Waals surface area contributed by atoms with Crippen LogP contribution in [0.5, 0.6) is 5.75 Å². The molecule has 0 aliphatic carbocycles. The molecule has 0 spiro atoms. The Morgan fingerprint density at radius 3 is 1.94 bits per heavy atom. The van der Waals surface area contributed by atoms with Crippen molar-refractivity contribution in [1.29, 1.82) is 0 Å². The highest BCUT2D eigenvalue weighted by Crippen LogP contribution is 2.27. The van der Waals surface area contributed by atoms with Gasteiger partial charge < -0.3 is 61.8 Å². The number of esters is 1. The minimum absolute atomic E-state index is 0.0191. The van der Waals surface area contributed by atoms with Crippen molar-refractivity contribution in [3.63, 3.8) is 0 Å². The predicted molar refractivity (Wildman–Crippen MR) is 288 cm³/mol. The van der Waals surface area contributed by atoms with Crippen molar-refractivity contribution in [2.45, 2.75) is 166 Å². The maximum Gasteiger partial charge on any atom is 0.329 e. The number of rotatable bonds is 19. The van der Waals surface area contributed by atoms with E-state index in [2.05, 4.69) is 31.9 Å². The molecule has 9 N–H and O–H groups in total. The molecule has 2 fully saturated rings. The third-order valence-corrected chi connectivity index (χ3v) is 14.3. The molecule has 79 heavy (non-hydrogen) atoms. The molecular weight excluding hydrogens is 1020 g/mol. The van der Waals surface area contributed by atoms with Gasteiger partial charge >= 0.3 is 11.9 Å². The summed E-state index contributed by atoms with van der Waals surface area (Å²) >= 11 is 0. The van der Waals surface area contributed by atoms with Crippen molar-refractivity contribution in [1.82, 2.24) is 41.7 Å². The first kappa shape index (κ1) is 62.0. The van der Waals surface area contributed by atoms with Gasteiger partial charge in [-0.3, -0.25) is 43.2 Å². The second kappa shape index (κ2) is 29.2. The number of nitrogens with zero attached hydrogens (tertiary/aromatic N) is 2. The number of likely N-dealkylation sites (N-methyl/N-ethyl adjacent to an activating group) is 1. The number of fused-ring (bicyclic) bond motifs is 2. The number of hydrogen-bond acceptors (Lipinski definition) is 13. The standard InChI is InChI=1S/C57H76N8O14/c1-8-16-44(67)58-41(29-35-17-12-10-13-18-35)51(72)59-39(26-28-46(69)70)50(71)63-48-34(6)79-57(78)47(33(5)9-2)62-53(74)43(31-36-19-14-11-15-20-36)64(7)56(77)49(32(3)4)65-45(68)27-25-40(55(65)76)60-52(73)42(61-54(48)75)30-37-21-23-38(66)24-22-37/h10-15,17-24,32-34,39-43,45,47-49,66,68H,8-9,16,25-31H2,1-7H3,(H,58,67)(H,59,72)(H,60,73)(H,61,75)(H,62,74)(H,63,71)(H,69,70)/t33-,34+,39-,40-,41-,42-,43-,45+,47-,48-,49-/m0/s1. The van der Waals surface area contributed by atoms with Crippen LogP contribution >= 0.6 is 0 Å². The number of carbonyl (C=O) groups excluding carboxylic acids is 9. The van der Waals surface area contributed by atoms with E-state index < -0.39 is 145 Å². The van der Waals surface area contributed by atoms with Crippen LogP contribution in [0.25, 0.3) is 0 Å². The topological polar surface area (TPSA) is 319 Å². The summed E-state index contributed by atoms with van der Waals surface area (Å²) in [6, 6.07) is 11.1. The van der Waals surface area contributed by atoms with Gasteiger partial charge in [-0.2, -0.15) is 0 Å². The van der Waals surface area contributed by atoms with E-state index in [-0.39, 0.29) is 44.3 Å². The van der Waals surface area contributed by atoms with Crippen LogP contribution in [0.4, 0.5) is 0 Å². The molecule has 22 heteroatoms. The van der Waals surface area contributed by atoms with E-state index in [1.807, 2.05) is 0 Å². The van der Waals surface area contributed by atoms with E-state index in [1.54, 1.807) is 95.3 Å². The predicted octanol–water partition coefficient (Wildman–Crippen LogP) is 1.78. The average molecular weight is 1100 g/mol. The lowest BCUT2D eigenvalue weighted by Crippen LogP contribution is -2.66. The molecule has 0 aromatic heterocycles. The van der Waals surface area contributed by atoms with Crippen molar-refractivity contribution in [2.24, 2.45) is 11.8 Å². The maximum absolute atomic E-state index is 15.0. The number of hydrogen-bond donors (Lipinski definition) is 9. The summed E-state index contributed by atoms with van der Waals surface area (Å²) in [6.45, 7) is 9.77. The largest absolute Gasteiger partial charge is 0.508 e. The highest BCUT2D eigenvalue weighted by atomic mass is 16.5. The number of carboxylic acids is 1. The second-order valence-corrected chi connectivity index (χ2v) is 20.7. The Hall–Kier alpha value is -7.88. The van der Waals surface area contributed by atoms with Crippen LogP contribution in [0.2, 0.25) is 0 Å². The number of aliphatic hydroxyl groups is 1. The molecule has 428 valence electrons. The first-order valence-electron chi connectivity index (χ1n) is 26.9. The molecule has 0 saturated carbocycles. The van der Waals surface area contributed by atoms with E-state index in [1.165, 1.54) is 38.2 Å². The monoisotopic (exact) mass is 1100 g/mol. The van der Waals surface area contributed by atoms with E-state index >= 15 is 0 Å². The molecule has 5 rings (SSSR count). The molecule has 0 unspecified atom stereocenters. The van der Waals surface area contributed by atoms with Gasteiger partial charge in [0.25, 0.3) is 0 Å². The number of amides is 8. The average Bonchev–Trinajstić information content (AvgIpc) is 3.49. The molecule has 3 aromatic rings. The third-order valence-electron chi connectivity index (χ3n) is 14.3. The summed E-state index contributed by atoms with van der Waals surface area (Å²) < 4.78 is 5.99. The number of cyclic esters (lactones) is 1. The summed E-state index contributed by atoms with van der Waals surface area (Å²) in [4.78, 5) is 144. The molecule has 3 aromatic carbocycles. The Kier molecular flexibility index (Phi) is 22.9. The van der Waals surface area contributed by atoms with E-state index in [4.69, 9.17) is 4.74 Å². The quantitative estimate of drug-likeness (QED) is 0.0774. The number of benzene rings is 3. The van der Waals surface area contributed by atoms with E-state index in [9.17, 15) is 63.3 Å². The first-order valence-corrected chi connectivity index (χ1v) is 26.9. The number of aromatic hydroxyl groups is 1. The van der Waals surface area contributed by atoms with Crippen LogP contribution in [0.15, 0.2) is 84.9 Å². The third kappa shape index (κ3) is 17.3. The van der Waals surface area contributed by atoms with Crippen molar-refractivity contribution in [3.05, 3.63) is 102 Å². The summed E-state index contributed by atoms with van der Waals surface area (Å²) in [5, 5.41) is 47.2. The second-order valence-electron chi connectivity index (χ2n) is 20.7. The highest BCUT2D eigenvalue weighted by molar-refractivity contribution is 5.99. The molecule has 2 aliphatic heterocycles. The van der Waals surface area contributed by atoms with Gasteiger partial charge in [0.15, 0.2) is 0 Å². The smallest absolute Gasteiger partial charge is 0.329 e. The zero-order chi connectivity index (χ0) is 58.1. The maximum atomic E-state index is 15.0. The van der Waals surface area contributed by atoms with E-state index in [0.29, 0.717) is 29.5 Å². The van der Waals surface area contributed by atoms with Crippen molar-refractivity contribution >= 4 is 59.2 Å². The van der Waals surface area contributed by atoms with Crippen LogP contribution in [-0.4, -0.2) is 152 Å². The van der Waals surface area contributed by atoms with Crippen LogP contribution in [0, 0.1) is 11.8 Å². The van der Waals surface area contributed by atoms with Gasteiger partial charge in [0.1, 0.15) is 66.4 Å². The van der Waals surface area contributed by atoms with Gasteiger partial charge in [0.2, 0.25) is 47.3 Å². The van der Waals surface area contributed by atoms with Gasteiger partial charge in [-0.15, -0.1) is 0 Å². The summed E-state index contributed by atoms with van der Waals surface area (Å²) in [6.07, 6.45) is -4.08. The zero-order valence-electron chi connectivity index (χ0n) is 45.8. The minimum Gasteiger partial charge on any atom is -0.508 e. The minimum atomic E-state index is -1.93. The summed E-state index contributed by atoms with van der Waals surface area (Å²) in [5.74, 6) is -10.7. The molecule has 2 saturated heterocycles. The van der Waals surface area contributed by atoms with Gasteiger partial charge in [0, 0.05) is 39.2 Å². The summed E-state index contributed by atoms with van der Waals surface area (Å²) in [5.41, 5.74) is 1.69. The van der Waals surface area contributed by atoms with Crippen LogP contribution < -0.4 is 31.9 Å². The van der Waals surface area contributed by atoms with E-state index in [0.717, 1.165) is 9.80 Å². The number of nitrogens with one attached hydrogen (secondary N) is 6. The normalized spacial score (nSPS) is 23.8. The van der Waals surface area contributed by atoms with Gasteiger partial charge in [-0.1, -0.05) is 114 Å². The Morgan fingerprint density at radius 1 is 0.722 bits per heavy atom. The fourth-order valence-electron chi connectivity index (χ4n) is 9.56.